The number of nitrogens with one attached hydrogen (secondary N) is 2. The Balaban J connectivity index is 1.34. The van der Waals surface area contributed by atoms with Crippen LogP contribution in [-0.2, 0) is 17.9 Å². The van der Waals surface area contributed by atoms with Gasteiger partial charge in [-0.05, 0) is 43.9 Å². The van der Waals surface area contributed by atoms with E-state index in [0.29, 0.717) is 54.1 Å². The number of rotatable bonds is 9. The van der Waals surface area contributed by atoms with E-state index in [-0.39, 0.29) is 11.9 Å². The summed E-state index contributed by atoms with van der Waals surface area (Å²) >= 11 is 0. The van der Waals surface area contributed by atoms with Crippen LogP contribution in [0, 0.1) is 0 Å². The van der Waals surface area contributed by atoms with Crippen LogP contribution in [0.4, 0.5) is 33.6 Å². The lowest BCUT2D eigenvalue weighted by atomic mass is 10.1. The van der Waals surface area contributed by atoms with Gasteiger partial charge in [0.25, 0.3) is 0 Å². The van der Waals surface area contributed by atoms with Crippen molar-refractivity contribution in [3.63, 3.8) is 0 Å². The van der Waals surface area contributed by atoms with E-state index in [0.717, 1.165) is 11.1 Å². The predicted molar refractivity (Wildman–Crippen MR) is 164 cm³/mol. The van der Waals surface area contributed by atoms with Crippen molar-refractivity contribution in [2.24, 2.45) is 0 Å². The summed E-state index contributed by atoms with van der Waals surface area (Å²) in [6.45, 7) is 1.40. The Bertz CT molecular complexity index is 1800. The highest BCUT2D eigenvalue weighted by atomic mass is 16.2. The number of nitrogens with zero attached hydrogens (tertiary/aromatic N) is 8. The number of amides is 3. The second-order valence-electron chi connectivity index (χ2n) is 10.3. The average Bonchev–Trinajstić information content (AvgIpc) is 3.41. The minimum Gasteiger partial charge on any atom is -0.322 e. The lowest BCUT2D eigenvalue weighted by Crippen LogP contribution is -2.45. The van der Waals surface area contributed by atoms with Gasteiger partial charge in [0.2, 0.25) is 11.9 Å². The molecule has 0 aliphatic carbocycles. The smallest absolute Gasteiger partial charge is 0.322 e. The Morgan fingerprint density at radius 1 is 1.05 bits per heavy atom. The van der Waals surface area contributed by atoms with Crippen molar-refractivity contribution in [1.29, 1.82) is 0 Å². The maximum absolute atomic E-state index is 14.1. The number of hydrogen-bond acceptors (Lipinski definition) is 8. The maximum atomic E-state index is 14.1. The first-order valence-electron chi connectivity index (χ1n) is 13.7. The Labute approximate surface area is 248 Å². The van der Waals surface area contributed by atoms with Crippen LogP contribution in [-0.4, -0.2) is 66.9 Å². The summed E-state index contributed by atoms with van der Waals surface area (Å²) in [6.07, 6.45) is 10.1. The summed E-state index contributed by atoms with van der Waals surface area (Å²) in [5, 5.41) is 10.4. The third kappa shape index (κ3) is 6.19. The Hall–Kier alpha value is -5.62. The van der Waals surface area contributed by atoms with Crippen molar-refractivity contribution in [2.75, 3.05) is 36.2 Å². The molecule has 43 heavy (non-hydrogen) atoms. The molecule has 6 rings (SSSR count). The Kier molecular flexibility index (Phi) is 7.74. The molecule has 12 nitrogen and oxygen atoms in total. The number of fused-ring (bicyclic) bond motifs is 2. The van der Waals surface area contributed by atoms with E-state index in [9.17, 15) is 9.59 Å². The second kappa shape index (κ2) is 12.1. The molecule has 0 spiro atoms. The molecule has 0 atom stereocenters. The summed E-state index contributed by atoms with van der Waals surface area (Å²) in [4.78, 5) is 45.6. The van der Waals surface area contributed by atoms with Gasteiger partial charge >= 0.3 is 6.03 Å². The number of carbonyl (C=O) groups is 2. The minimum absolute atomic E-state index is 0.243. The summed E-state index contributed by atoms with van der Waals surface area (Å²) in [7, 11) is 3.86. The lowest BCUT2D eigenvalue weighted by Gasteiger charge is -2.36. The summed E-state index contributed by atoms with van der Waals surface area (Å²) < 4.78 is 1.65. The quantitative estimate of drug-likeness (QED) is 0.245. The molecular weight excluding hydrogens is 544 g/mol. The fourth-order valence-electron chi connectivity index (χ4n) is 4.74. The molecular formula is C31H30N10O2. The van der Waals surface area contributed by atoms with Crippen LogP contribution < -0.4 is 15.5 Å². The second-order valence-corrected chi connectivity index (χ2v) is 10.3. The van der Waals surface area contributed by atoms with Crippen molar-refractivity contribution in [1.82, 2.24) is 34.4 Å². The van der Waals surface area contributed by atoms with Crippen LogP contribution in [0.5, 0.6) is 0 Å². The van der Waals surface area contributed by atoms with Gasteiger partial charge in [-0.1, -0.05) is 42.5 Å². The molecule has 0 saturated carbocycles. The van der Waals surface area contributed by atoms with Gasteiger partial charge in [-0.25, -0.2) is 24.2 Å². The zero-order chi connectivity index (χ0) is 29.8. The maximum Gasteiger partial charge on any atom is 0.330 e. The van der Waals surface area contributed by atoms with Crippen LogP contribution in [0.2, 0.25) is 0 Å². The highest BCUT2D eigenvalue weighted by Crippen LogP contribution is 2.36. The van der Waals surface area contributed by atoms with E-state index in [2.05, 4.69) is 25.7 Å². The van der Waals surface area contributed by atoms with Gasteiger partial charge in [0.15, 0.2) is 11.5 Å². The predicted octanol–water partition coefficient (Wildman–Crippen LogP) is 4.59. The van der Waals surface area contributed by atoms with Gasteiger partial charge in [0.05, 0.1) is 18.4 Å². The van der Waals surface area contributed by atoms with E-state index in [1.165, 1.54) is 6.08 Å². The van der Waals surface area contributed by atoms with Crippen molar-refractivity contribution in [3.05, 3.63) is 109 Å². The van der Waals surface area contributed by atoms with E-state index in [1.807, 2.05) is 55.4 Å². The molecule has 3 aromatic heterocycles. The number of anilines is 5. The lowest BCUT2D eigenvalue weighted by molar-refractivity contribution is -0.111. The number of urea groups is 1. The summed E-state index contributed by atoms with van der Waals surface area (Å²) in [6, 6.07) is 18.5. The van der Waals surface area contributed by atoms with Crippen molar-refractivity contribution < 1.29 is 9.59 Å². The number of benzene rings is 2. The van der Waals surface area contributed by atoms with Crippen LogP contribution in [0.15, 0.2) is 97.6 Å². The minimum atomic E-state index is -0.258. The highest BCUT2D eigenvalue weighted by Gasteiger charge is 2.33. The zero-order valence-electron chi connectivity index (χ0n) is 23.8. The third-order valence-electron chi connectivity index (χ3n) is 6.73. The van der Waals surface area contributed by atoms with Crippen LogP contribution in [0.3, 0.4) is 0 Å². The van der Waals surface area contributed by atoms with E-state index >= 15 is 0 Å². The molecule has 2 aromatic carbocycles. The van der Waals surface area contributed by atoms with Gasteiger partial charge in [-0.2, -0.15) is 10.1 Å². The largest absolute Gasteiger partial charge is 0.330 e. The van der Waals surface area contributed by atoms with Crippen LogP contribution in [0.1, 0.15) is 11.1 Å². The highest BCUT2D eigenvalue weighted by molar-refractivity contribution is 6.03. The normalized spacial score (nSPS) is 13.1. The Morgan fingerprint density at radius 2 is 1.91 bits per heavy atom. The third-order valence-corrected chi connectivity index (χ3v) is 6.73. The SMILES string of the molecule is CN(C)C/C=C/C(=O)Nc1cccc(N2C(=O)N(Cc3ccccc3)Cc3cnc(Nc4cnn5cccnc45)nc32)c1. The molecule has 0 fully saturated rings. The number of carbonyl (C=O) groups excluding carboxylic acids is 2. The topological polar surface area (TPSA) is 124 Å². The zero-order valence-corrected chi connectivity index (χ0v) is 23.8. The molecule has 0 bridgehead atoms. The standard InChI is InChI=1S/C31H30N10O2/c1-38(2)15-7-13-27(42)35-24-11-6-12-25(17-24)41-28-23(21-39(31(41)43)20-22-9-4-3-5-10-22)18-33-30(37-28)36-26-19-34-40-16-8-14-32-29(26)40/h3-14,16-19H,15,20-21H2,1-2H3,(H,35,42)(H,33,36,37)/b13-7+. The molecule has 1 aliphatic rings. The number of aromatic nitrogens is 5. The van der Waals surface area contributed by atoms with Gasteiger partial charge in [0.1, 0.15) is 5.69 Å². The average molecular weight is 575 g/mol. The monoisotopic (exact) mass is 574 g/mol. The first-order valence-corrected chi connectivity index (χ1v) is 13.7. The molecule has 0 radical (unpaired) electrons. The van der Waals surface area contributed by atoms with Crippen molar-refractivity contribution >= 4 is 46.4 Å². The van der Waals surface area contributed by atoms with Crippen molar-refractivity contribution in [2.45, 2.75) is 13.1 Å². The molecule has 216 valence electrons. The molecule has 1 aliphatic heterocycles. The summed E-state index contributed by atoms with van der Waals surface area (Å²) in [5.74, 6) is 0.487. The Morgan fingerprint density at radius 3 is 2.74 bits per heavy atom. The molecule has 12 heteroatoms. The van der Waals surface area contributed by atoms with Crippen LogP contribution in [0.25, 0.3) is 5.65 Å². The molecule has 0 saturated heterocycles. The summed E-state index contributed by atoms with van der Waals surface area (Å²) in [5.41, 5.74) is 4.14. The first kappa shape index (κ1) is 27.5. The molecule has 4 heterocycles. The van der Waals surface area contributed by atoms with Gasteiger partial charge in [0, 0.05) is 49.0 Å². The number of likely N-dealkylation sites (N-methyl/N-ethyl adjacent to an activating group) is 1. The van der Waals surface area contributed by atoms with Gasteiger partial charge in [-0.15, -0.1) is 0 Å². The fraction of sp³-hybridized carbons (Fsp3) is 0.161. The van der Waals surface area contributed by atoms with E-state index < -0.39 is 0 Å². The van der Waals surface area contributed by atoms with Gasteiger partial charge in [-0.3, -0.25) is 4.79 Å². The van der Waals surface area contributed by atoms with E-state index in [4.69, 9.17) is 4.98 Å². The number of hydrogen-bond donors (Lipinski definition) is 2. The molecule has 5 aromatic rings. The first-order chi connectivity index (χ1) is 20.9. The van der Waals surface area contributed by atoms with Crippen LogP contribution >= 0.6 is 0 Å². The fourth-order valence-corrected chi connectivity index (χ4v) is 4.74. The van der Waals surface area contributed by atoms with E-state index in [1.54, 1.807) is 69.4 Å². The molecule has 0 unspecified atom stereocenters. The van der Waals surface area contributed by atoms with Crippen molar-refractivity contribution in [3.8, 4) is 0 Å². The molecule has 3 amide bonds. The molecule has 2 N–H and O–H groups in total. The van der Waals surface area contributed by atoms with Gasteiger partial charge < -0.3 is 20.4 Å².